The summed E-state index contributed by atoms with van der Waals surface area (Å²) < 4.78 is 5.65. The number of hydrogen-bond acceptors (Lipinski definition) is 3. The third-order valence-corrected chi connectivity index (χ3v) is 4.93. The van der Waals surface area contributed by atoms with Crippen molar-refractivity contribution in [3.8, 4) is 5.75 Å². The number of fused-ring (bicyclic) bond motifs is 1. The van der Waals surface area contributed by atoms with E-state index >= 15 is 0 Å². The minimum Gasteiger partial charge on any atom is -0.478 e. The van der Waals surface area contributed by atoms with Gasteiger partial charge < -0.3 is 15.4 Å². The Morgan fingerprint density at radius 3 is 2.64 bits per heavy atom. The highest BCUT2D eigenvalue weighted by atomic mass is 16.5. The highest BCUT2D eigenvalue weighted by molar-refractivity contribution is 6.04. The summed E-state index contributed by atoms with van der Waals surface area (Å²) in [5, 5.41) is 5.85. The molecule has 2 aromatic carbocycles. The molecule has 1 fully saturated rings. The average Bonchev–Trinajstić information content (AvgIpc) is 2.59. The van der Waals surface area contributed by atoms with Gasteiger partial charge >= 0.3 is 0 Å². The fraction of sp³-hybridized carbons (Fsp3) is 0.300. The summed E-state index contributed by atoms with van der Waals surface area (Å²) >= 11 is 0. The van der Waals surface area contributed by atoms with Crippen LogP contribution in [0.3, 0.4) is 0 Å². The third-order valence-electron chi connectivity index (χ3n) is 4.93. The minimum atomic E-state index is -0.604. The predicted octanol–water partition coefficient (Wildman–Crippen LogP) is 3.08. The molecule has 5 heteroatoms. The maximum Gasteiger partial charge on any atom is 0.265 e. The number of carbonyl (C=O) groups is 2. The Kier molecular flexibility index (Phi) is 3.92. The summed E-state index contributed by atoms with van der Waals surface area (Å²) in [5.41, 5.74) is 2.34. The average molecular weight is 336 g/mol. The van der Waals surface area contributed by atoms with E-state index in [1.165, 1.54) is 5.56 Å². The maximum absolute atomic E-state index is 12.6. The van der Waals surface area contributed by atoms with Crippen molar-refractivity contribution in [2.45, 2.75) is 37.8 Å². The molecule has 0 bridgehead atoms. The first-order valence-corrected chi connectivity index (χ1v) is 8.58. The first-order valence-electron chi connectivity index (χ1n) is 8.58. The molecule has 1 atom stereocenters. The summed E-state index contributed by atoms with van der Waals surface area (Å²) in [6.45, 7) is 1.67. The topological polar surface area (TPSA) is 67.4 Å². The van der Waals surface area contributed by atoms with Crippen LogP contribution in [-0.4, -0.2) is 24.0 Å². The first kappa shape index (κ1) is 15.7. The van der Waals surface area contributed by atoms with E-state index in [1.807, 2.05) is 18.2 Å². The summed E-state index contributed by atoms with van der Waals surface area (Å²) in [6, 6.07) is 15.8. The summed E-state index contributed by atoms with van der Waals surface area (Å²) in [4.78, 5) is 24.4. The molecule has 2 N–H and O–H groups in total. The van der Waals surface area contributed by atoms with Gasteiger partial charge in [-0.05, 0) is 43.4 Å². The lowest BCUT2D eigenvalue weighted by Gasteiger charge is -2.36. The lowest BCUT2D eigenvalue weighted by molar-refractivity contribution is -0.122. The van der Waals surface area contributed by atoms with E-state index in [0.29, 0.717) is 22.9 Å². The van der Waals surface area contributed by atoms with Crippen LogP contribution in [-0.2, 0) is 4.79 Å². The number of carbonyl (C=O) groups excluding carboxylic acids is 2. The smallest absolute Gasteiger partial charge is 0.265 e. The van der Waals surface area contributed by atoms with Crippen molar-refractivity contribution in [2.75, 3.05) is 5.32 Å². The van der Waals surface area contributed by atoms with Crippen molar-refractivity contribution < 1.29 is 14.3 Å². The minimum absolute atomic E-state index is 0.156. The normalized spacial score (nSPS) is 24.4. The van der Waals surface area contributed by atoms with Crippen LogP contribution in [0.4, 0.5) is 5.69 Å². The molecule has 0 radical (unpaired) electrons. The van der Waals surface area contributed by atoms with Gasteiger partial charge in [-0.1, -0.05) is 36.4 Å². The lowest BCUT2D eigenvalue weighted by atomic mass is 9.76. The van der Waals surface area contributed by atoms with Crippen molar-refractivity contribution in [2.24, 2.45) is 0 Å². The number of para-hydroxylation sites is 1. The number of nitrogens with one attached hydrogen (secondary N) is 2. The number of anilines is 1. The molecule has 2 aliphatic rings. The first-order chi connectivity index (χ1) is 12.1. The second-order valence-electron chi connectivity index (χ2n) is 6.68. The summed E-state index contributed by atoms with van der Waals surface area (Å²) in [7, 11) is 0. The van der Waals surface area contributed by atoms with E-state index in [1.54, 1.807) is 25.1 Å². The molecule has 128 valence electrons. The van der Waals surface area contributed by atoms with Gasteiger partial charge in [-0.3, -0.25) is 9.59 Å². The quantitative estimate of drug-likeness (QED) is 0.905. The van der Waals surface area contributed by atoms with Crippen LogP contribution >= 0.6 is 0 Å². The molecule has 0 spiro atoms. The van der Waals surface area contributed by atoms with E-state index in [2.05, 4.69) is 22.8 Å². The number of rotatable bonds is 3. The fourth-order valence-corrected chi connectivity index (χ4v) is 3.40. The molecule has 2 amide bonds. The van der Waals surface area contributed by atoms with Gasteiger partial charge in [-0.2, -0.15) is 0 Å². The number of benzene rings is 2. The molecule has 5 nitrogen and oxygen atoms in total. The van der Waals surface area contributed by atoms with Crippen LogP contribution in [0.25, 0.3) is 0 Å². The van der Waals surface area contributed by atoms with E-state index in [-0.39, 0.29) is 17.9 Å². The SMILES string of the molecule is CC1Oc2c(cccc2C(=O)NC2CC(c3ccccc3)C2)NC1=O. The molecule has 1 heterocycles. The van der Waals surface area contributed by atoms with Crippen molar-refractivity contribution >= 4 is 17.5 Å². The van der Waals surface area contributed by atoms with Gasteiger partial charge in [0.15, 0.2) is 11.9 Å². The Hall–Kier alpha value is -2.82. The van der Waals surface area contributed by atoms with Crippen molar-refractivity contribution in [1.82, 2.24) is 5.32 Å². The van der Waals surface area contributed by atoms with E-state index in [0.717, 1.165) is 12.8 Å². The second-order valence-corrected chi connectivity index (χ2v) is 6.68. The van der Waals surface area contributed by atoms with Gasteiger partial charge in [-0.15, -0.1) is 0 Å². The Balaban J connectivity index is 1.43. The molecule has 1 saturated carbocycles. The van der Waals surface area contributed by atoms with Crippen LogP contribution in [0.1, 0.15) is 41.6 Å². The van der Waals surface area contributed by atoms with Gasteiger partial charge in [0.2, 0.25) is 0 Å². The van der Waals surface area contributed by atoms with E-state index in [4.69, 9.17) is 4.74 Å². The van der Waals surface area contributed by atoms with Crippen LogP contribution in [0.2, 0.25) is 0 Å². The number of amides is 2. The molecule has 0 aromatic heterocycles. The van der Waals surface area contributed by atoms with Gasteiger partial charge in [0.25, 0.3) is 11.8 Å². The molecule has 2 aromatic rings. The molecule has 1 aliphatic heterocycles. The predicted molar refractivity (Wildman–Crippen MR) is 94.8 cm³/mol. The van der Waals surface area contributed by atoms with E-state index < -0.39 is 6.10 Å². The maximum atomic E-state index is 12.6. The molecule has 25 heavy (non-hydrogen) atoms. The third kappa shape index (κ3) is 2.97. The van der Waals surface area contributed by atoms with Gasteiger partial charge in [0.1, 0.15) is 0 Å². The van der Waals surface area contributed by atoms with Crippen LogP contribution in [0, 0.1) is 0 Å². The highest BCUT2D eigenvalue weighted by Gasteiger charge is 2.33. The summed E-state index contributed by atoms with van der Waals surface area (Å²) in [5.74, 6) is 0.601. The Bertz CT molecular complexity index is 813. The van der Waals surface area contributed by atoms with Crippen molar-refractivity contribution in [1.29, 1.82) is 0 Å². The molecule has 1 aliphatic carbocycles. The molecule has 1 unspecified atom stereocenters. The van der Waals surface area contributed by atoms with Gasteiger partial charge in [-0.25, -0.2) is 0 Å². The zero-order chi connectivity index (χ0) is 17.4. The monoisotopic (exact) mass is 336 g/mol. The van der Waals surface area contributed by atoms with Gasteiger partial charge in [0, 0.05) is 6.04 Å². The number of hydrogen-bond donors (Lipinski definition) is 2. The standard InChI is InChI=1S/C20H20N2O3/c1-12-19(23)22-17-9-5-8-16(18(17)25-12)20(24)21-15-10-14(11-15)13-6-3-2-4-7-13/h2-9,12,14-15H,10-11H2,1H3,(H,21,24)(H,22,23). The van der Waals surface area contributed by atoms with Crippen molar-refractivity contribution in [3.63, 3.8) is 0 Å². The van der Waals surface area contributed by atoms with Gasteiger partial charge in [0.05, 0.1) is 11.3 Å². The fourth-order valence-electron chi connectivity index (χ4n) is 3.40. The van der Waals surface area contributed by atoms with Crippen molar-refractivity contribution in [3.05, 3.63) is 59.7 Å². The molecular formula is C20H20N2O3. The number of ether oxygens (including phenoxy) is 1. The lowest BCUT2D eigenvalue weighted by Crippen LogP contribution is -2.44. The highest BCUT2D eigenvalue weighted by Crippen LogP contribution is 2.38. The zero-order valence-electron chi connectivity index (χ0n) is 14.0. The second kappa shape index (κ2) is 6.24. The molecule has 4 rings (SSSR count). The Morgan fingerprint density at radius 2 is 1.88 bits per heavy atom. The Morgan fingerprint density at radius 1 is 1.12 bits per heavy atom. The zero-order valence-corrected chi connectivity index (χ0v) is 14.0. The van der Waals surface area contributed by atoms with Crippen LogP contribution in [0.5, 0.6) is 5.75 Å². The summed E-state index contributed by atoms with van der Waals surface area (Å²) in [6.07, 6.45) is 1.28. The largest absolute Gasteiger partial charge is 0.478 e. The van der Waals surface area contributed by atoms with E-state index in [9.17, 15) is 9.59 Å². The Labute approximate surface area is 146 Å². The van der Waals surface area contributed by atoms with Crippen LogP contribution in [0.15, 0.2) is 48.5 Å². The molecule has 0 saturated heterocycles. The molecular weight excluding hydrogens is 316 g/mol. The van der Waals surface area contributed by atoms with Crippen LogP contribution < -0.4 is 15.4 Å².